The Balaban J connectivity index is 1.25. The van der Waals surface area contributed by atoms with Crippen LogP contribution in [0.25, 0.3) is 0 Å². The van der Waals surface area contributed by atoms with Crippen molar-refractivity contribution in [2.45, 2.75) is 24.5 Å². The lowest BCUT2D eigenvalue weighted by molar-refractivity contribution is -0.135. The first-order valence-corrected chi connectivity index (χ1v) is 12.2. The van der Waals surface area contributed by atoms with Gasteiger partial charge in [0, 0.05) is 11.4 Å². The van der Waals surface area contributed by atoms with Crippen LogP contribution in [0, 0.1) is 0 Å². The van der Waals surface area contributed by atoms with Gasteiger partial charge in [0.05, 0.1) is 17.4 Å². The van der Waals surface area contributed by atoms with Gasteiger partial charge in [0.15, 0.2) is 12.1 Å². The number of imide groups is 1. The van der Waals surface area contributed by atoms with Gasteiger partial charge in [0.1, 0.15) is 6.54 Å². The summed E-state index contributed by atoms with van der Waals surface area (Å²) >= 11 is 5.95. The molecule has 0 unspecified atom stereocenters. The summed E-state index contributed by atoms with van der Waals surface area (Å²) in [5, 5.41) is 16.0. The van der Waals surface area contributed by atoms with E-state index in [1.165, 1.54) is 10.0 Å². The minimum atomic E-state index is -0.997. The first-order chi connectivity index (χ1) is 18.0. The number of hydrogen-bond acceptors (Lipinski definition) is 7. The van der Waals surface area contributed by atoms with Gasteiger partial charge in [-0.15, -0.1) is 0 Å². The number of anilines is 1. The van der Waals surface area contributed by atoms with Crippen LogP contribution in [0.4, 0.5) is 5.69 Å². The molecule has 9 nitrogen and oxygen atoms in total. The molecule has 6 rings (SSSR count). The zero-order valence-electron chi connectivity index (χ0n) is 19.5. The molecular formula is C27H21ClN6O3. The number of halogens is 1. The summed E-state index contributed by atoms with van der Waals surface area (Å²) in [6.07, 6.45) is 0.551. The topological polar surface area (TPSA) is 98.0 Å². The molecule has 0 spiro atoms. The van der Waals surface area contributed by atoms with Crippen molar-refractivity contribution in [2.75, 3.05) is 11.4 Å². The molecule has 0 radical (unpaired) electrons. The molecule has 3 aliphatic rings. The van der Waals surface area contributed by atoms with E-state index in [9.17, 15) is 14.4 Å². The number of hydrazone groups is 1. The Morgan fingerprint density at radius 3 is 2.27 bits per heavy atom. The summed E-state index contributed by atoms with van der Waals surface area (Å²) in [5.41, 5.74) is 3.09. The Bertz CT molecular complexity index is 1430. The second-order valence-corrected chi connectivity index (χ2v) is 9.40. The molecule has 3 heterocycles. The summed E-state index contributed by atoms with van der Waals surface area (Å²) in [6.45, 7) is -0.243. The summed E-state index contributed by atoms with van der Waals surface area (Å²) in [6, 6.07) is 23.5. The molecule has 0 aromatic heterocycles. The van der Waals surface area contributed by atoms with E-state index in [0.717, 1.165) is 21.7 Å². The first-order valence-electron chi connectivity index (χ1n) is 11.8. The minimum absolute atomic E-state index is 0.243. The molecule has 3 aliphatic heterocycles. The predicted molar refractivity (Wildman–Crippen MR) is 137 cm³/mol. The van der Waals surface area contributed by atoms with Gasteiger partial charge in [-0.2, -0.15) is 10.2 Å². The lowest BCUT2D eigenvalue weighted by Gasteiger charge is -2.25. The third-order valence-electron chi connectivity index (χ3n) is 6.70. The highest BCUT2D eigenvalue weighted by Gasteiger charge is 2.55. The second-order valence-electron chi connectivity index (χ2n) is 8.96. The van der Waals surface area contributed by atoms with E-state index >= 15 is 0 Å². The van der Waals surface area contributed by atoms with E-state index in [2.05, 4.69) is 15.4 Å². The maximum atomic E-state index is 13.6. The molecule has 37 heavy (non-hydrogen) atoms. The van der Waals surface area contributed by atoms with Gasteiger partial charge >= 0.3 is 0 Å². The Labute approximate surface area is 217 Å². The van der Waals surface area contributed by atoms with Crippen molar-refractivity contribution in [3.05, 3.63) is 101 Å². The third-order valence-corrected chi connectivity index (χ3v) is 6.95. The van der Waals surface area contributed by atoms with Crippen LogP contribution in [0.2, 0.25) is 5.02 Å². The predicted octanol–water partition coefficient (Wildman–Crippen LogP) is 4.01. The third kappa shape index (κ3) is 4.07. The van der Waals surface area contributed by atoms with Gasteiger partial charge in [-0.05, 0) is 35.4 Å². The number of rotatable bonds is 5. The summed E-state index contributed by atoms with van der Waals surface area (Å²) in [5.74, 6) is -1.31. The van der Waals surface area contributed by atoms with E-state index in [-0.39, 0.29) is 18.5 Å². The van der Waals surface area contributed by atoms with Gasteiger partial charge in [-0.3, -0.25) is 19.4 Å². The van der Waals surface area contributed by atoms with Crippen molar-refractivity contribution in [1.29, 1.82) is 0 Å². The van der Waals surface area contributed by atoms with E-state index in [0.29, 0.717) is 17.1 Å². The minimum Gasteiger partial charge on any atom is -0.271 e. The van der Waals surface area contributed by atoms with E-state index in [1.54, 1.807) is 24.3 Å². The van der Waals surface area contributed by atoms with Gasteiger partial charge in [-0.25, -0.2) is 9.91 Å². The molecule has 0 bridgehead atoms. The van der Waals surface area contributed by atoms with Crippen molar-refractivity contribution in [3.8, 4) is 0 Å². The number of nitrogens with zero attached hydrogens (tertiary/aromatic N) is 6. The number of amides is 3. The SMILES string of the molecule is O=C1[C@@H]2N=NN(CC(=O)N3N=C(c4ccccc4)C[C@H]3c3ccccc3)[C@H]2C(=O)N1c1ccc(Cl)cc1. The first kappa shape index (κ1) is 23.1. The van der Waals surface area contributed by atoms with Crippen molar-refractivity contribution in [3.63, 3.8) is 0 Å². The van der Waals surface area contributed by atoms with E-state index in [4.69, 9.17) is 11.6 Å². The van der Waals surface area contributed by atoms with Crippen molar-refractivity contribution >= 4 is 40.7 Å². The highest BCUT2D eigenvalue weighted by atomic mass is 35.5. The Kier molecular flexibility index (Phi) is 5.77. The molecule has 0 N–H and O–H groups in total. The van der Waals surface area contributed by atoms with Gasteiger partial charge in [0.25, 0.3) is 17.7 Å². The number of benzene rings is 3. The molecule has 3 atom stereocenters. The second kappa shape index (κ2) is 9.25. The highest BCUT2D eigenvalue weighted by Crippen LogP contribution is 2.35. The van der Waals surface area contributed by atoms with Crippen LogP contribution in [0.15, 0.2) is 100 Å². The molecule has 184 valence electrons. The maximum Gasteiger partial charge on any atom is 0.264 e. The summed E-state index contributed by atoms with van der Waals surface area (Å²) < 4.78 is 0. The van der Waals surface area contributed by atoms with Crippen LogP contribution in [0.5, 0.6) is 0 Å². The lowest BCUT2D eigenvalue weighted by Crippen LogP contribution is -2.44. The number of hydrogen-bond donors (Lipinski definition) is 0. The quantitative estimate of drug-likeness (QED) is 0.482. The molecule has 0 saturated carbocycles. The average molecular weight is 513 g/mol. The molecule has 1 fully saturated rings. The highest BCUT2D eigenvalue weighted by molar-refractivity contribution is 6.31. The normalized spacial score (nSPS) is 22.6. The number of fused-ring (bicyclic) bond motifs is 1. The van der Waals surface area contributed by atoms with Crippen LogP contribution in [-0.4, -0.2) is 52.1 Å². The van der Waals surface area contributed by atoms with Gasteiger partial charge in [0.2, 0.25) is 0 Å². The maximum absolute atomic E-state index is 13.6. The monoisotopic (exact) mass is 512 g/mol. The lowest BCUT2D eigenvalue weighted by atomic mass is 9.98. The molecule has 3 aromatic carbocycles. The van der Waals surface area contributed by atoms with Crippen LogP contribution in [0.3, 0.4) is 0 Å². The molecule has 3 amide bonds. The van der Waals surface area contributed by atoms with E-state index in [1.807, 2.05) is 60.7 Å². The average Bonchev–Trinajstić information content (AvgIpc) is 3.61. The Morgan fingerprint density at radius 2 is 1.57 bits per heavy atom. The fraction of sp³-hybridized carbons (Fsp3) is 0.185. The summed E-state index contributed by atoms with van der Waals surface area (Å²) in [4.78, 5) is 40.9. The zero-order chi connectivity index (χ0) is 25.5. The molecule has 1 saturated heterocycles. The molecule has 3 aromatic rings. The number of carbonyl (C=O) groups is 3. The standard InChI is InChI=1S/C27H21ClN6O3/c28-19-11-13-20(14-12-19)33-26(36)24-25(27(33)37)32(31-29-24)16-23(35)34-22(18-9-5-2-6-10-18)15-21(30-34)17-7-3-1-4-8-17/h1-14,22,24-25H,15-16H2/t22-,24+,25+/m0/s1. The van der Waals surface area contributed by atoms with Crippen molar-refractivity contribution in [2.24, 2.45) is 15.4 Å². The Hall–Kier alpha value is -4.37. The molecule has 0 aliphatic carbocycles. The Morgan fingerprint density at radius 1 is 0.892 bits per heavy atom. The van der Waals surface area contributed by atoms with Gasteiger partial charge < -0.3 is 0 Å². The van der Waals surface area contributed by atoms with E-state index < -0.39 is 23.9 Å². The van der Waals surface area contributed by atoms with Crippen LogP contribution in [0.1, 0.15) is 23.6 Å². The molecular weight excluding hydrogens is 492 g/mol. The zero-order valence-corrected chi connectivity index (χ0v) is 20.3. The van der Waals surface area contributed by atoms with Crippen LogP contribution in [-0.2, 0) is 14.4 Å². The summed E-state index contributed by atoms with van der Waals surface area (Å²) in [7, 11) is 0. The largest absolute Gasteiger partial charge is 0.271 e. The van der Waals surface area contributed by atoms with Crippen LogP contribution >= 0.6 is 11.6 Å². The van der Waals surface area contributed by atoms with Gasteiger partial charge in [-0.1, -0.05) is 77.5 Å². The van der Waals surface area contributed by atoms with Crippen molar-refractivity contribution in [1.82, 2.24) is 10.0 Å². The smallest absolute Gasteiger partial charge is 0.264 e. The van der Waals surface area contributed by atoms with Crippen molar-refractivity contribution < 1.29 is 14.4 Å². The fourth-order valence-corrected chi connectivity index (χ4v) is 5.02. The fourth-order valence-electron chi connectivity index (χ4n) is 4.89. The molecule has 10 heteroatoms. The van der Waals surface area contributed by atoms with Crippen LogP contribution < -0.4 is 4.90 Å². The number of carbonyl (C=O) groups excluding carboxylic acids is 3.